The third-order valence-corrected chi connectivity index (χ3v) is 8.58. The largest absolute Gasteiger partial charge is 0.780 e. The SMILES string of the molecule is O=c1c2nc(Br)n([C@@H]3OC4COP([O-])(=S)O[C@H]4C3O)c2nc2[nH]c(-c3ccc4ccccc4c3)cn12. The van der Waals surface area contributed by atoms with Crippen LogP contribution in [0.25, 0.3) is 39.0 Å². The third kappa shape index (κ3) is 3.43. The van der Waals surface area contributed by atoms with Gasteiger partial charge in [-0.1, -0.05) is 48.2 Å². The second kappa shape index (κ2) is 8.01. The molecule has 2 fully saturated rings. The highest BCUT2D eigenvalue weighted by Gasteiger charge is 2.50. The first-order valence-corrected chi connectivity index (χ1v) is 14.3. The number of hydrogen-bond acceptors (Lipinski definition) is 9. The van der Waals surface area contributed by atoms with Crippen molar-refractivity contribution in [3.05, 3.63) is 63.7 Å². The van der Waals surface area contributed by atoms with E-state index in [2.05, 4.69) is 30.9 Å². The van der Waals surface area contributed by atoms with Crippen LogP contribution in [0.4, 0.5) is 0 Å². The van der Waals surface area contributed by atoms with Crippen LogP contribution in [0.3, 0.4) is 0 Å². The molecule has 2 aliphatic heterocycles. The second-order valence-corrected chi connectivity index (χ2v) is 12.0. The van der Waals surface area contributed by atoms with Gasteiger partial charge in [-0.25, -0.2) is 9.38 Å². The van der Waals surface area contributed by atoms with Gasteiger partial charge in [0.15, 0.2) is 22.1 Å². The molecule has 2 aromatic carbocycles. The molecule has 0 bridgehead atoms. The van der Waals surface area contributed by atoms with E-state index in [1.165, 1.54) is 8.97 Å². The highest BCUT2D eigenvalue weighted by Crippen LogP contribution is 2.50. The first-order chi connectivity index (χ1) is 17.3. The standard InChI is InChI=1S/C22H17BrN5O6PS/c23-21-25-15-18(28(21)20-16(29)17-14(33-20)9-32-35(31,36)34-17)26-22-24-13(8-27(22)19(15)30)12-6-5-10-3-1-2-4-11(10)7-12/h1-8,14,16-17,20,29H,9H2,(H,24,26)(H,31,36)/p-1/t14?,16?,17-,20-,35?/m1/s1. The van der Waals surface area contributed by atoms with Crippen LogP contribution in [0.2, 0.25) is 0 Å². The minimum absolute atomic E-state index is 0.0835. The van der Waals surface area contributed by atoms with Crippen LogP contribution in [0.1, 0.15) is 6.23 Å². The number of ether oxygens (including phenoxy) is 1. The maximum absolute atomic E-state index is 13.4. The first kappa shape index (κ1) is 22.7. The van der Waals surface area contributed by atoms with Crippen LogP contribution in [-0.4, -0.2) is 53.9 Å². The van der Waals surface area contributed by atoms with Gasteiger partial charge in [0, 0.05) is 11.8 Å². The topological polar surface area (TPSA) is 139 Å². The molecule has 0 amide bonds. The summed E-state index contributed by atoms with van der Waals surface area (Å²) in [6.07, 6.45) is -2.25. The number of imidazole rings is 2. The van der Waals surface area contributed by atoms with Crippen LogP contribution < -0.4 is 10.5 Å². The van der Waals surface area contributed by atoms with E-state index in [4.69, 9.17) is 25.6 Å². The zero-order valence-electron chi connectivity index (χ0n) is 18.1. The zero-order valence-corrected chi connectivity index (χ0v) is 21.4. The minimum atomic E-state index is -3.71. The molecule has 3 aromatic heterocycles. The molecule has 2 aliphatic rings. The van der Waals surface area contributed by atoms with Crippen LogP contribution in [0.5, 0.6) is 0 Å². The summed E-state index contributed by atoms with van der Waals surface area (Å²) >= 11 is 8.16. The average Bonchev–Trinajstić information content (AvgIpc) is 3.52. The fraction of sp³-hybridized carbons (Fsp3) is 0.227. The predicted octanol–water partition coefficient (Wildman–Crippen LogP) is 2.21. The van der Waals surface area contributed by atoms with Crippen molar-refractivity contribution < 1.29 is 23.8 Å². The smallest absolute Gasteiger partial charge is 0.287 e. The molecule has 3 unspecified atom stereocenters. The van der Waals surface area contributed by atoms with Crippen molar-refractivity contribution in [1.82, 2.24) is 23.9 Å². The van der Waals surface area contributed by atoms with E-state index in [0.29, 0.717) is 11.5 Å². The molecule has 0 spiro atoms. The summed E-state index contributed by atoms with van der Waals surface area (Å²) in [4.78, 5) is 37.6. The van der Waals surface area contributed by atoms with Crippen LogP contribution in [0.15, 0.2) is 58.2 Å². The first-order valence-electron chi connectivity index (χ1n) is 10.9. The number of aliphatic hydroxyl groups excluding tert-OH is 1. The number of H-pyrrole nitrogens is 1. The normalized spacial score (nSPS) is 28.3. The maximum atomic E-state index is 13.4. The summed E-state index contributed by atoms with van der Waals surface area (Å²) in [5.41, 5.74) is 1.49. The van der Waals surface area contributed by atoms with E-state index < -0.39 is 36.8 Å². The molecule has 5 aromatic rings. The van der Waals surface area contributed by atoms with Gasteiger partial charge in [0.25, 0.3) is 5.56 Å². The van der Waals surface area contributed by atoms with Gasteiger partial charge in [-0.15, -0.1) is 0 Å². The van der Waals surface area contributed by atoms with Crippen molar-refractivity contribution in [3.63, 3.8) is 0 Å². The number of rotatable bonds is 2. The zero-order chi connectivity index (χ0) is 24.8. The number of aromatic amines is 1. The van der Waals surface area contributed by atoms with Gasteiger partial charge in [0.2, 0.25) is 5.78 Å². The molecule has 5 heterocycles. The molecule has 2 saturated heterocycles. The highest BCUT2D eigenvalue weighted by atomic mass is 79.9. The Bertz CT molecular complexity index is 1800. The third-order valence-electron chi connectivity index (χ3n) is 6.48. The van der Waals surface area contributed by atoms with Crippen molar-refractivity contribution in [2.75, 3.05) is 6.61 Å². The number of nitrogens with one attached hydrogen (secondary N) is 1. The van der Waals surface area contributed by atoms with E-state index in [-0.39, 0.29) is 22.5 Å². The Labute approximate surface area is 215 Å². The van der Waals surface area contributed by atoms with Crippen molar-refractivity contribution in [3.8, 4) is 11.3 Å². The van der Waals surface area contributed by atoms with Crippen molar-refractivity contribution in [1.29, 1.82) is 0 Å². The maximum Gasteiger partial charge on any atom is 0.287 e. The Kier molecular flexibility index (Phi) is 5.05. The molecular weight excluding hydrogens is 573 g/mol. The van der Waals surface area contributed by atoms with E-state index in [1.54, 1.807) is 6.20 Å². The second-order valence-electron chi connectivity index (χ2n) is 8.63. The van der Waals surface area contributed by atoms with E-state index in [1.807, 2.05) is 42.5 Å². The molecule has 7 rings (SSSR count). The molecular formula is C22H16BrN5O6PS-. The lowest BCUT2D eigenvalue weighted by Gasteiger charge is -2.38. The summed E-state index contributed by atoms with van der Waals surface area (Å²) in [7, 11) is 0. The molecule has 0 aliphatic carbocycles. The molecule has 14 heteroatoms. The summed E-state index contributed by atoms with van der Waals surface area (Å²) in [6, 6.07) is 14.0. The Balaban J connectivity index is 1.34. The van der Waals surface area contributed by atoms with Crippen molar-refractivity contribution in [2.24, 2.45) is 0 Å². The van der Waals surface area contributed by atoms with Crippen LogP contribution >= 0.6 is 22.6 Å². The number of aromatic nitrogens is 5. The van der Waals surface area contributed by atoms with Gasteiger partial charge in [-0.2, -0.15) is 4.98 Å². The van der Waals surface area contributed by atoms with Gasteiger partial charge < -0.3 is 28.8 Å². The van der Waals surface area contributed by atoms with Gasteiger partial charge in [0.05, 0.1) is 12.3 Å². The van der Waals surface area contributed by atoms with Gasteiger partial charge in [-0.05, 0) is 32.8 Å². The Morgan fingerprint density at radius 3 is 2.86 bits per heavy atom. The summed E-state index contributed by atoms with van der Waals surface area (Å²) < 4.78 is 19.4. The Hall–Kier alpha value is -2.48. The lowest BCUT2D eigenvalue weighted by atomic mass is 10.1. The minimum Gasteiger partial charge on any atom is -0.780 e. The van der Waals surface area contributed by atoms with Crippen LogP contribution in [-0.2, 0) is 25.6 Å². The Morgan fingerprint density at radius 2 is 2.03 bits per heavy atom. The molecule has 0 saturated carbocycles. The van der Waals surface area contributed by atoms with Gasteiger partial charge in [-0.3, -0.25) is 9.36 Å². The highest BCUT2D eigenvalue weighted by molar-refractivity contribution is 9.10. The average molecular weight is 589 g/mol. The molecule has 2 N–H and O–H groups in total. The molecule has 5 atom stereocenters. The number of halogens is 1. The quantitative estimate of drug-likeness (QED) is 0.235. The summed E-state index contributed by atoms with van der Waals surface area (Å²) in [5, 5.41) is 13.1. The molecule has 11 nitrogen and oxygen atoms in total. The molecule has 36 heavy (non-hydrogen) atoms. The fourth-order valence-corrected chi connectivity index (χ4v) is 6.75. The number of aliphatic hydroxyl groups is 1. The lowest BCUT2D eigenvalue weighted by Crippen LogP contribution is -2.41. The number of nitrogens with zero attached hydrogens (tertiary/aromatic N) is 4. The number of benzene rings is 2. The molecule has 184 valence electrons. The predicted molar refractivity (Wildman–Crippen MR) is 135 cm³/mol. The van der Waals surface area contributed by atoms with Gasteiger partial charge >= 0.3 is 0 Å². The Morgan fingerprint density at radius 1 is 1.22 bits per heavy atom. The molecule has 0 radical (unpaired) electrons. The lowest BCUT2D eigenvalue weighted by molar-refractivity contribution is -0.227. The monoisotopic (exact) mass is 588 g/mol. The number of fused-ring (bicyclic) bond motifs is 4. The van der Waals surface area contributed by atoms with E-state index in [0.717, 1.165) is 16.3 Å². The van der Waals surface area contributed by atoms with Crippen LogP contribution in [0, 0.1) is 0 Å². The van der Waals surface area contributed by atoms with Gasteiger partial charge in [0.1, 0.15) is 25.0 Å². The summed E-state index contributed by atoms with van der Waals surface area (Å²) in [6.45, 7) is -3.79. The fourth-order valence-electron chi connectivity index (χ4n) is 4.77. The number of hydrogen-bond donors (Lipinski definition) is 2. The van der Waals surface area contributed by atoms with E-state index >= 15 is 0 Å². The van der Waals surface area contributed by atoms with E-state index in [9.17, 15) is 14.8 Å². The van der Waals surface area contributed by atoms with Crippen molar-refractivity contribution >= 4 is 62.2 Å². The summed E-state index contributed by atoms with van der Waals surface area (Å²) in [5.74, 6) is 0.295. The van der Waals surface area contributed by atoms with Crippen molar-refractivity contribution in [2.45, 2.75) is 24.5 Å².